The van der Waals surface area contributed by atoms with Crippen LogP contribution in [-0.2, 0) is 16.0 Å². The standard InChI is InChI=1S/C23H26N2O3/c1-14-11-17(12-15(2)24-14)5-10-20(26)19-8-6-18(7-9-19)16(3)23(4)13-21(27)25-22(23)28/h6-9,11-12,16H,5,10,13H2,1-4H3,(H,25,27,28). The van der Waals surface area contributed by atoms with Crippen molar-refractivity contribution in [1.82, 2.24) is 10.3 Å². The third kappa shape index (κ3) is 4.03. The van der Waals surface area contributed by atoms with Gasteiger partial charge in [0.1, 0.15) is 0 Å². The quantitative estimate of drug-likeness (QED) is 0.615. The minimum atomic E-state index is -0.750. The Balaban J connectivity index is 1.67. The Morgan fingerprint density at radius 3 is 2.29 bits per heavy atom. The topological polar surface area (TPSA) is 76.1 Å². The van der Waals surface area contributed by atoms with Crippen molar-refractivity contribution in [2.45, 2.75) is 52.9 Å². The number of hydrogen-bond acceptors (Lipinski definition) is 4. The number of ketones is 1. The van der Waals surface area contributed by atoms with Gasteiger partial charge in [0.15, 0.2) is 5.78 Å². The maximum atomic E-state index is 12.6. The van der Waals surface area contributed by atoms with E-state index in [2.05, 4.69) is 10.3 Å². The van der Waals surface area contributed by atoms with Crippen LogP contribution in [0, 0.1) is 19.3 Å². The fourth-order valence-electron chi connectivity index (χ4n) is 3.87. The number of amides is 2. The first kappa shape index (κ1) is 19.9. The molecule has 146 valence electrons. The zero-order valence-corrected chi connectivity index (χ0v) is 16.8. The Kier molecular flexibility index (Phi) is 5.45. The van der Waals surface area contributed by atoms with E-state index in [0.717, 1.165) is 22.5 Å². The molecule has 1 aliphatic heterocycles. The molecule has 2 atom stereocenters. The molecule has 28 heavy (non-hydrogen) atoms. The zero-order chi connectivity index (χ0) is 20.5. The highest BCUT2D eigenvalue weighted by molar-refractivity contribution is 6.06. The van der Waals surface area contributed by atoms with E-state index in [-0.39, 0.29) is 29.9 Å². The van der Waals surface area contributed by atoms with Gasteiger partial charge in [0.25, 0.3) is 0 Å². The summed E-state index contributed by atoms with van der Waals surface area (Å²) >= 11 is 0. The van der Waals surface area contributed by atoms with Crippen LogP contribution in [0.5, 0.6) is 0 Å². The van der Waals surface area contributed by atoms with Crippen molar-refractivity contribution in [2.24, 2.45) is 5.41 Å². The molecule has 2 amide bonds. The van der Waals surface area contributed by atoms with Gasteiger partial charge in [0.2, 0.25) is 11.8 Å². The van der Waals surface area contributed by atoms with Crippen LogP contribution in [0.1, 0.15) is 65.5 Å². The van der Waals surface area contributed by atoms with E-state index >= 15 is 0 Å². The first-order valence-electron chi connectivity index (χ1n) is 9.60. The summed E-state index contributed by atoms with van der Waals surface area (Å²) in [5.41, 5.74) is 3.90. The number of benzene rings is 1. The smallest absolute Gasteiger partial charge is 0.233 e. The molecule has 2 heterocycles. The fourth-order valence-corrected chi connectivity index (χ4v) is 3.87. The van der Waals surface area contributed by atoms with E-state index in [1.807, 2.05) is 64.1 Å². The number of imide groups is 1. The SMILES string of the molecule is Cc1cc(CCC(=O)c2ccc(C(C)C3(C)CC(=O)NC3=O)cc2)cc(C)n1. The molecule has 0 aliphatic carbocycles. The molecule has 5 nitrogen and oxygen atoms in total. The molecular weight excluding hydrogens is 352 g/mol. The van der Waals surface area contributed by atoms with Crippen molar-refractivity contribution in [3.05, 3.63) is 64.5 Å². The number of pyridine rings is 1. The third-order valence-electron chi connectivity index (χ3n) is 5.77. The normalized spacial score (nSPS) is 20.1. The van der Waals surface area contributed by atoms with E-state index in [0.29, 0.717) is 18.4 Å². The van der Waals surface area contributed by atoms with Crippen molar-refractivity contribution in [3.63, 3.8) is 0 Å². The van der Waals surface area contributed by atoms with Crippen LogP contribution in [0.25, 0.3) is 0 Å². The molecule has 1 aliphatic rings. The lowest BCUT2D eigenvalue weighted by Gasteiger charge is -2.28. The highest BCUT2D eigenvalue weighted by atomic mass is 16.2. The minimum absolute atomic E-state index is 0.0892. The van der Waals surface area contributed by atoms with Gasteiger partial charge in [-0.2, -0.15) is 0 Å². The molecule has 2 aromatic rings. The lowest BCUT2D eigenvalue weighted by atomic mass is 9.73. The molecule has 1 aromatic heterocycles. The number of rotatable bonds is 6. The maximum absolute atomic E-state index is 12.6. The monoisotopic (exact) mass is 378 g/mol. The molecule has 1 aromatic carbocycles. The number of carbonyl (C=O) groups excluding carboxylic acids is 3. The summed E-state index contributed by atoms with van der Waals surface area (Å²) in [5.74, 6) is -0.488. The summed E-state index contributed by atoms with van der Waals surface area (Å²) in [6.45, 7) is 7.67. The van der Waals surface area contributed by atoms with Crippen LogP contribution in [0.2, 0.25) is 0 Å². The molecule has 0 saturated carbocycles. The highest BCUT2D eigenvalue weighted by Gasteiger charge is 2.46. The van der Waals surface area contributed by atoms with Crippen molar-refractivity contribution in [3.8, 4) is 0 Å². The first-order chi connectivity index (χ1) is 13.2. The van der Waals surface area contributed by atoms with Crippen molar-refractivity contribution >= 4 is 17.6 Å². The molecule has 0 spiro atoms. The largest absolute Gasteiger partial charge is 0.296 e. The average Bonchev–Trinajstić information content (AvgIpc) is 2.91. The predicted molar refractivity (Wildman–Crippen MR) is 107 cm³/mol. The van der Waals surface area contributed by atoms with Gasteiger partial charge in [-0.15, -0.1) is 0 Å². The molecule has 0 radical (unpaired) electrons. The van der Waals surface area contributed by atoms with Gasteiger partial charge in [-0.1, -0.05) is 31.2 Å². The molecule has 2 unspecified atom stereocenters. The molecular formula is C23H26N2O3. The van der Waals surface area contributed by atoms with Crippen LogP contribution >= 0.6 is 0 Å². The van der Waals surface area contributed by atoms with E-state index in [1.54, 1.807) is 0 Å². The van der Waals surface area contributed by atoms with Gasteiger partial charge >= 0.3 is 0 Å². The number of nitrogens with zero attached hydrogens (tertiary/aromatic N) is 1. The summed E-state index contributed by atoms with van der Waals surface area (Å²) in [6.07, 6.45) is 1.31. The molecule has 1 N–H and O–H groups in total. The van der Waals surface area contributed by atoms with Gasteiger partial charge in [-0.05, 0) is 56.4 Å². The predicted octanol–water partition coefficient (Wildman–Crippen LogP) is 3.67. The molecule has 3 rings (SSSR count). The van der Waals surface area contributed by atoms with Crippen LogP contribution < -0.4 is 5.32 Å². The van der Waals surface area contributed by atoms with E-state index < -0.39 is 5.41 Å². The maximum Gasteiger partial charge on any atom is 0.233 e. The molecule has 0 bridgehead atoms. The zero-order valence-electron chi connectivity index (χ0n) is 16.8. The lowest BCUT2D eigenvalue weighted by Crippen LogP contribution is -2.33. The van der Waals surface area contributed by atoms with Crippen LogP contribution in [0.4, 0.5) is 0 Å². The minimum Gasteiger partial charge on any atom is -0.296 e. The Labute approximate surface area is 165 Å². The lowest BCUT2D eigenvalue weighted by molar-refractivity contribution is -0.128. The van der Waals surface area contributed by atoms with Gasteiger partial charge in [0.05, 0.1) is 5.41 Å². The average molecular weight is 378 g/mol. The Morgan fingerprint density at radius 2 is 1.75 bits per heavy atom. The Morgan fingerprint density at radius 1 is 1.14 bits per heavy atom. The van der Waals surface area contributed by atoms with Gasteiger partial charge in [0, 0.05) is 29.8 Å². The van der Waals surface area contributed by atoms with E-state index in [1.165, 1.54) is 0 Å². The van der Waals surface area contributed by atoms with Crippen molar-refractivity contribution in [1.29, 1.82) is 0 Å². The second-order valence-corrected chi connectivity index (χ2v) is 8.00. The van der Waals surface area contributed by atoms with Gasteiger partial charge < -0.3 is 0 Å². The van der Waals surface area contributed by atoms with Crippen molar-refractivity contribution in [2.75, 3.05) is 0 Å². The summed E-state index contributed by atoms with van der Waals surface area (Å²) in [5, 5.41) is 2.39. The molecule has 1 saturated heterocycles. The summed E-state index contributed by atoms with van der Waals surface area (Å²) in [6, 6.07) is 11.4. The number of aromatic nitrogens is 1. The number of Topliss-reactive ketones (excluding diaryl/α,β-unsaturated/α-hetero) is 1. The van der Waals surface area contributed by atoms with Gasteiger partial charge in [-0.3, -0.25) is 24.7 Å². The third-order valence-corrected chi connectivity index (χ3v) is 5.77. The van der Waals surface area contributed by atoms with Gasteiger partial charge in [-0.25, -0.2) is 0 Å². The second-order valence-electron chi connectivity index (χ2n) is 8.00. The van der Waals surface area contributed by atoms with Crippen LogP contribution in [0.3, 0.4) is 0 Å². The Hall–Kier alpha value is -2.82. The number of carbonyl (C=O) groups is 3. The van der Waals surface area contributed by atoms with E-state index in [9.17, 15) is 14.4 Å². The summed E-state index contributed by atoms with van der Waals surface area (Å²) in [7, 11) is 0. The van der Waals surface area contributed by atoms with E-state index in [4.69, 9.17) is 0 Å². The summed E-state index contributed by atoms with van der Waals surface area (Å²) in [4.78, 5) is 40.7. The summed E-state index contributed by atoms with van der Waals surface area (Å²) < 4.78 is 0. The van der Waals surface area contributed by atoms with Crippen LogP contribution in [0.15, 0.2) is 36.4 Å². The van der Waals surface area contributed by atoms with Crippen molar-refractivity contribution < 1.29 is 14.4 Å². The first-order valence-corrected chi connectivity index (χ1v) is 9.60. The highest BCUT2D eigenvalue weighted by Crippen LogP contribution is 2.41. The second kappa shape index (κ2) is 7.66. The Bertz CT molecular complexity index is 913. The van der Waals surface area contributed by atoms with Crippen LogP contribution in [-0.4, -0.2) is 22.6 Å². The number of nitrogens with one attached hydrogen (secondary N) is 1. The molecule has 1 fully saturated rings. The fraction of sp³-hybridized carbons (Fsp3) is 0.391. The number of aryl methyl sites for hydroxylation is 3. The number of hydrogen-bond donors (Lipinski definition) is 1. The molecule has 5 heteroatoms.